The van der Waals surface area contributed by atoms with Gasteiger partial charge in [-0.3, -0.25) is 4.55 Å². The lowest BCUT2D eigenvalue weighted by atomic mass is 10.5. The van der Waals surface area contributed by atoms with Crippen molar-refractivity contribution in [2.75, 3.05) is 5.75 Å². The van der Waals surface area contributed by atoms with Gasteiger partial charge in [0.1, 0.15) is 5.37 Å². The Morgan fingerprint density at radius 3 is 2.22 bits per heavy atom. The third-order valence-corrected chi connectivity index (χ3v) is 2.06. The molecule has 0 aromatic carbocycles. The molecule has 0 saturated heterocycles. The summed E-state index contributed by atoms with van der Waals surface area (Å²) in [5.74, 6) is 0.348. The first-order chi connectivity index (χ1) is 3.98. The highest BCUT2D eigenvalue weighted by atomic mass is 32.2. The van der Waals surface area contributed by atoms with Crippen molar-refractivity contribution >= 4 is 22.7 Å². The van der Waals surface area contributed by atoms with Gasteiger partial charge in [-0.25, -0.2) is 0 Å². The maximum atomic E-state index is 10.1. The third kappa shape index (κ3) is 3.74. The van der Waals surface area contributed by atoms with E-state index in [0.29, 0.717) is 5.75 Å². The molecule has 0 radical (unpaired) electrons. The average molecular weight is 171 g/mol. The molecule has 0 fully saturated rings. The molecule has 0 rings (SSSR count). The van der Waals surface area contributed by atoms with Crippen molar-refractivity contribution in [2.24, 2.45) is 5.73 Å². The lowest BCUT2D eigenvalue weighted by molar-refractivity contribution is 0.466. The molecule has 0 saturated carbocycles. The van der Waals surface area contributed by atoms with E-state index in [1.54, 1.807) is 0 Å². The van der Waals surface area contributed by atoms with Crippen LogP contribution in [-0.2, 0) is 10.1 Å². The first-order valence-corrected chi connectivity index (χ1v) is 4.45. The summed E-state index contributed by atoms with van der Waals surface area (Å²) in [4.78, 5) is 0. The summed E-state index contributed by atoms with van der Waals surface area (Å²) in [6.45, 7) is 0. The highest BCUT2D eigenvalue weighted by molar-refractivity contribution is 7.86. The van der Waals surface area contributed by atoms with Crippen molar-refractivity contribution in [1.82, 2.24) is 0 Å². The van der Waals surface area contributed by atoms with Crippen molar-refractivity contribution in [3.05, 3.63) is 0 Å². The normalized spacial score (nSPS) is 15.4. The molecule has 0 spiro atoms. The van der Waals surface area contributed by atoms with Crippen LogP contribution in [0.4, 0.5) is 0 Å². The summed E-state index contributed by atoms with van der Waals surface area (Å²) in [5.41, 5.74) is 4.97. The predicted octanol–water partition coefficient (Wildman–Crippen LogP) is -0.521. The molecule has 3 N–H and O–H groups in total. The summed E-state index contributed by atoms with van der Waals surface area (Å²) in [7, 11) is -4.04. The van der Waals surface area contributed by atoms with Crippen LogP contribution in [0.3, 0.4) is 0 Å². The summed E-state index contributed by atoms with van der Waals surface area (Å²) >= 11 is 3.74. The molecular weight excluding hydrogens is 162 g/mol. The first kappa shape index (κ1) is 9.22. The molecule has 0 aromatic heterocycles. The molecule has 0 aliphatic carbocycles. The van der Waals surface area contributed by atoms with Gasteiger partial charge in [0.2, 0.25) is 0 Å². The molecule has 0 aliphatic rings. The van der Waals surface area contributed by atoms with Gasteiger partial charge >= 0.3 is 0 Å². The van der Waals surface area contributed by atoms with Gasteiger partial charge in [0, 0.05) is 0 Å². The van der Waals surface area contributed by atoms with E-state index in [2.05, 4.69) is 12.6 Å². The van der Waals surface area contributed by atoms with E-state index in [-0.39, 0.29) is 6.42 Å². The molecule has 0 aliphatic heterocycles. The number of hydrogen-bond donors (Lipinski definition) is 3. The zero-order chi connectivity index (χ0) is 7.49. The van der Waals surface area contributed by atoms with Gasteiger partial charge in [-0.2, -0.15) is 21.0 Å². The summed E-state index contributed by atoms with van der Waals surface area (Å²) in [5, 5.41) is -1.19. The number of rotatable bonds is 3. The van der Waals surface area contributed by atoms with Gasteiger partial charge in [0.25, 0.3) is 10.1 Å². The second kappa shape index (κ2) is 3.40. The van der Waals surface area contributed by atoms with Gasteiger partial charge in [-0.1, -0.05) is 0 Å². The van der Waals surface area contributed by atoms with E-state index >= 15 is 0 Å². The van der Waals surface area contributed by atoms with Crippen molar-refractivity contribution in [2.45, 2.75) is 11.8 Å². The fourth-order valence-corrected chi connectivity index (χ4v) is 1.14. The van der Waals surface area contributed by atoms with E-state index < -0.39 is 15.5 Å². The van der Waals surface area contributed by atoms with Crippen LogP contribution in [0.2, 0.25) is 0 Å². The molecule has 0 amide bonds. The van der Waals surface area contributed by atoms with Crippen molar-refractivity contribution < 1.29 is 13.0 Å². The van der Waals surface area contributed by atoms with E-state index in [1.807, 2.05) is 0 Å². The quantitative estimate of drug-likeness (QED) is 0.394. The lowest BCUT2D eigenvalue weighted by Gasteiger charge is -2.03. The van der Waals surface area contributed by atoms with Crippen molar-refractivity contribution in [3.8, 4) is 0 Å². The zero-order valence-corrected chi connectivity index (χ0v) is 6.40. The van der Waals surface area contributed by atoms with Gasteiger partial charge in [0.15, 0.2) is 0 Å². The minimum Gasteiger partial charge on any atom is -0.313 e. The Morgan fingerprint density at radius 1 is 1.67 bits per heavy atom. The molecule has 56 valence electrons. The Morgan fingerprint density at radius 2 is 2.11 bits per heavy atom. The Hall–Kier alpha value is 0.220. The molecule has 0 aromatic rings. The predicted molar refractivity (Wildman–Crippen MR) is 38.0 cm³/mol. The maximum absolute atomic E-state index is 10.1. The largest absolute Gasteiger partial charge is 0.313 e. The smallest absolute Gasteiger partial charge is 0.280 e. The number of thiol groups is 1. The highest BCUT2D eigenvalue weighted by Gasteiger charge is 2.15. The van der Waals surface area contributed by atoms with E-state index in [9.17, 15) is 8.42 Å². The minimum atomic E-state index is -4.04. The van der Waals surface area contributed by atoms with Gasteiger partial charge < -0.3 is 5.73 Å². The second-order valence-corrected chi connectivity index (χ2v) is 3.65. The van der Waals surface area contributed by atoms with Crippen LogP contribution in [0, 0.1) is 0 Å². The van der Waals surface area contributed by atoms with Crippen molar-refractivity contribution in [1.29, 1.82) is 0 Å². The van der Waals surface area contributed by atoms with Crippen molar-refractivity contribution in [3.63, 3.8) is 0 Å². The fraction of sp³-hybridized carbons (Fsp3) is 1.00. The van der Waals surface area contributed by atoms with Crippen LogP contribution in [0.15, 0.2) is 0 Å². The van der Waals surface area contributed by atoms with Gasteiger partial charge in [-0.05, 0) is 12.2 Å². The zero-order valence-electron chi connectivity index (χ0n) is 4.69. The van der Waals surface area contributed by atoms with E-state index in [0.717, 1.165) is 0 Å². The van der Waals surface area contributed by atoms with Crippen LogP contribution in [0.1, 0.15) is 6.42 Å². The Labute approximate surface area is 59.6 Å². The summed E-state index contributed by atoms with van der Waals surface area (Å²) in [6, 6.07) is 0. The average Bonchev–Trinajstić information content (AvgIpc) is 1.64. The third-order valence-electron chi connectivity index (χ3n) is 0.796. The summed E-state index contributed by atoms with van der Waals surface area (Å²) in [6.07, 6.45) is 0.169. The van der Waals surface area contributed by atoms with Crippen LogP contribution in [0.25, 0.3) is 0 Å². The summed E-state index contributed by atoms with van der Waals surface area (Å²) < 4.78 is 28.5. The Bertz CT molecular complexity index is 164. The molecule has 6 heteroatoms. The maximum Gasteiger partial charge on any atom is 0.280 e. The fourth-order valence-electron chi connectivity index (χ4n) is 0.276. The molecular formula is C3H9NO3S2. The number of hydrogen-bond acceptors (Lipinski definition) is 4. The molecule has 1 atom stereocenters. The number of nitrogens with two attached hydrogens (primary N) is 1. The lowest BCUT2D eigenvalue weighted by Crippen LogP contribution is -2.30. The molecule has 0 unspecified atom stereocenters. The highest BCUT2D eigenvalue weighted by Crippen LogP contribution is 1.96. The van der Waals surface area contributed by atoms with Gasteiger partial charge in [0.05, 0.1) is 0 Å². The Balaban J connectivity index is 3.90. The van der Waals surface area contributed by atoms with Crippen LogP contribution >= 0.6 is 12.6 Å². The Kier molecular flexibility index (Phi) is 3.49. The first-order valence-electron chi connectivity index (χ1n) is 2.31. The molecule has 0 bridgehead atoms. The molecule has 0 heterocycles. The standard InChI is InChI=1S/C3H9NO3S2/c4-3(1-2-8)9(5,6)7/h3,8H,1-2,4H2,(H,5,6,7)/t3-/m1/s1. The van der Waals surface area contributed by atoms with E-state index in [1.165, 1.54) is 0 Å². The topological polar surface area (TPSA) is 80.4 Å². The van der Waals surface area contributed by atoms with Crippen LogP contribution in [-0.4, -0.2) is 24.1 Å². The van der Waals surface area contributed by atoms with Crippen LogP contribution < -0.4 is 5.73 Å². The molecule has 9 heavy (non-hydrogen) atoms. The van der Waals surface area contributed by atoms with Gasteiger partial charge in [-0.15, -0.1) is 0 Å². The molecule has 4 nitrogen and oxygen atoms in total. The second-order valence-electron chi connectivity index (χ2n) is 1.57. The minimum absolute atomic E-state index is 0.169. The SMILES string of the molecule is N[C@@H](CCS)S(=O)(=O)O. The van der Waals surface area contributed by atoms with E-state index in [4.69, 9.17) is 10.3 Å². The monoisotopic (exact) mass is 171 g/mol. The van der Waals surface area contributed by atoms with Crippen LogP contribution in [0.5, 0.6) is 0 Å².